The van der Waals surface area contributed by atoms with Crippen LogP contribution >= 0.6 is 34.0 Å². The molecule has 1 spiro atoms. The summed E-state index contributed by atoms with van der Waals surface area (Å²) in [5.74, 6) is 5.62. The summed E-state index contributed by atoms with van der Waals surface area (Å²) in [7, 11) is 1.36. The van der Waals surface area contributed by atoms with Crippen molar-refractivity contribution in [1.82, 2.24) is 35.4 Å². The van der Waals surface area contributed by atoms with Crippen LogP contribution in [0, 0.1) is 35.5 Å². The van der Waals surface area contributed by atoms with Crippen LogP contribution in [0.25, 0.3) is 20.7 Å². The highest BCUT2D eigenvalue weighted by Gasteiger charge is 2.48. The number of esters is 1. The van der Waals surface area contributed by atoms with E-state index in [1.54, 1.807) is 11.3 Å². The fourth-order valence-electron chi connectivity index (χ4n) is 12.4. The number of aromatic nitrogens is 3. The summed E-state index contributed by atoms with van der Waals surface area (Å²) in [6.45, 7) is 13.7. The number of para-hydroxylation sites is 1. The lowest BCUT2D eigenvalue weighted by Gasteiger charge is -2.53. The molecule has 11 rings (SSSR count). The first-order chi connectivity index (χ1) is 41.4. The highest BCUT2D eigenvalue weighted by molar-refractivity contribution is 7.22. The first-order valence-corrected chi connectivity index (χ1v) is 32.1. The number of carbonyl (C=O) groups is 5. The van der Waals surface area contributed by atoms with Crippen LogP contribution in [0.5, 0.6) is 5.75 Å². The fraction of sp³-hybridized carbons (Fsp3) is 0.424. The number of thiazole rings is 3. The summed E-state index contributed by atoms with van der Waals surface area (Å²) in [6.07, 6.45) is 4.51. The molecule has 4 amide bonds. The molecule has 448 valence electrons. The number of ether oxygens (including phenoxy) is 2. The first kappa shape index (κ1) is 60.2. The normalized spacial score (nSPS) is 18.3. The Balaban J connectivity index is 0.610. The van der Waals surface area contributed by atoms with Crippen LogP contribution in [0.2, 0.25) is 0 Å². The maximum atomic E-state index is 14.4. The largest absolute Gasteiger partial charge is 0.494 e. The number of fused-ring (bicyclic) bond motifs is 2. The summed E-state index contributed by atoms with van der Waals surface area (Å²) in [5.41, 5.74) is 8.94. The molecule has 4 aliphatic rings. The third-order valence-corrected chi connectivity index (χ3v) is 20.3. The predicted octanol–water partition coefficient (Wildman–Crippen LogP) is 10.0. The number of amides is 4. The number of β-amino-alcohol motifs (C(OH)–C–C–N with tert-alkyl or cyclic N) is 1. The highest BCUT2D eigenvalue weighted by Crippen LogP contribution is 2.46. The second kappa shape index (κ2) is 25.8. The molecule has 1 aliphatic carbocycles. The molecule has 4 atom stereocenters. The zero-order chi connectivity index (χ0) is 60.3. The predicted molar refractivity (Wildman–Crippen MR) is 337 cm³/mol. The molecule has 0 radical (unpaired) electrons. The number of likely N-dealkylation sites (tertiary alicyclic amines) is 2. The third kappa shape index (κ3) is 13.5. The van der Waals surface area contributed by atoms with Crippen molar-refractivity contribution in [3.63, 3.8) is 0 Å². The standard InChI is InChI=1S/C66H73N9O8S3/c1-40(43-20-22-45(23-21-43)56-41(2)67-39-84-56)68-60(79)52-34-47(76)35-75(52)61(80)57(65(3,4)5)71-58(77)46-26-29-66(30-27-46)37-73(38-66)31-10-12-42-18-24-48(25-19-42)83-33-11-17-54-55(62(81)82-6)70-64(86-54)74-32-28-44-13-9-14-49(50(44)36-74)59(78)72-63-69-51-15-7-8-16-53(51)85-63/h7-9,13-16,18-25,39-40,46-47,52,57,76H,11,17,26-38H2,1-6H3,(H,68,79)(H,71,77)(H,69,72,78)/t40-,47+,52-,57+/m0/s1. The van der Waals surface area contributed by atoms with Gasteiger partial charge in [0.1, 0.15) is 17.8 Å². The Morgan fingerprint density at radius 1 is 0.907 bits per heavy atom. The Hall–Kier alpha value is -7.54. The SMILES string of the molecule is COC(=O)c1nc(N2CCc3cccc(C(=O)Nc4nc5ccccc5s4)c3C2)sc1CCCOc1ccc(C#CCN2CC3(CCC(C(=O)N[C@H](C(=O)N4C[C@H](O)C[C@H]4C(=O)N[C@@H](C)c4ccc(-c5scnc5C)cc4)C(C)(C)C)CC3)C2)cc1. The van der Waals surface area contributed by atoms with E-state index in [0.29, 0.717) is 60.6 Å². The number of nitrogens with one attached hydrogen (secondary N) is 3. The number of nitrogens with zero attached hydrogens (tertiary/aromatic N) is 6. The average molecular weight is 1220 g/mol. The topological polar surface area (TPSA) is 209 Å². The number of methoxy groups -OCH3 is 1. The second-order valence-corrected chi connectivity index (χ2v) is 27.3. The molecule has 0 unspecified atom stereocenters. The number of rotatable bonds is 17. The molecule has 7 aromatic rings. The van der Waals surface area contributed by atoms with E-state index >= 15 is 0 Å². The molecular weight excluding hydrogens is 1140 g/mol. The molecule has 4 N–H and O–H groups in total. The van der Waals surface area contributed by atoms with Crippen LogP contribution in [0.3, 0.4) is 0 Å². The smallest absolute Gasteiger partial charge is 0.357 e. The van der Waals surface area contributed by atoms with Crippen molar-refractivity contribution >= 4 is 84.1 Å². The van der Waals surface area contributed by atoms with E-state index in [0.717, 1.165) is 104 Å². The van der Waals surface area contributed by atoms with Crippen molar-refractivity contribution in [2.45, 2.75) is 117 Å². The van der Waals surface area contributed by atoms with Crippen molar-refractivity contribution in [2.24, 2.45) is 16.7 Å². The van der Waals surface area contributed by atoms with Gasteiger partial charge < -0.3 is 35.0 Å². The number of anilines is 2. The Bertz CT molecular complexity index is 3660. The minimum atomic E-state index is -0.879. The van der Waals surface area contributed by atoms with Crippen LogP contribution in [0.1, 0.15) is 126 Å². The maximum absolute atomic E-state index is 14.4. The Morgan fingerprint density at radius 3 is 2.40 bits per heavy atom. The highest BCUT2D eigenvalue weighted by atomic mass is 32.1. The van der Waals surface area contributed by atoms with Crippen molar-refractivity contribution in [3.8, 4) is 28.0 Å². The van der Waals surface area contributed by atoms with Gasteiger partial charge >= 0.3 is 5.97 Å². The van der Waals surface area contributed by atoms with Gasteiger partial charge in [0.15, 0.2) is 16.0 Å². The Labute approximate surface area is 513 Å². The Kier molecular flexibility index (Phi) is 18.1. The van der Waals surface area contributed by atoms with Crippen molar-refractivity contribution in [1.29, 1.82) is 0 Å². The summed E-state index contributed by atoms with van der Waals surface area (Å²) < 4.78 is 12.3. The lowest BCUT2D eigenvalue weighted by Crippen LogP contribution is -2.60. The molecule has 3 fully saturated rings. The van der Waals surface area contributed by atoms with Crippen LogP contribution in [-0.4, -0.2) is 124 Å². The van der Waals surface area contributed by atoms with E-state index < -0.39 is 29.6 Å². The minimum absolute atomic E-state index is 0.0188. The van der Waals surface area contributed by atoms with Gasteiger partial charge in [0.25, 0.3) is 5.91 Å². The zero-order valence-corrected chi connectivity index (χ0v) is 51.9. The van der Waals surface area contributed by atoms with Gasteiger partial charge in [-0.3, -0.25) is 29.4 Å². The lowest BCUT2D eigenvalue weighted by molar-refractivity contribution is -0.145. The molecule has 2 saturated heterocycles. The second-order valence-electron chi connectivity index (χ2n) is 24.3. The molecule has 17 nitrogen and oxygen atoms in total. The number of hydrogen-bond acceptors (Lipinski definition) is 16. The summed E-state index contributed by atoms with van der Waals surface area (Å²) in [4.78, 5) is 90.5. The zero-order valence-electron chi connectivity index (χ0n) is 49.4. The van der Waals surface area contributed by atoms with E-state index in [1.165, 1.54) is 34.7 Å². The molecule has 86 heavy (non-hydrogen) atoms. The van der Waals surface area contributed by atoms with Crippen molar-refractivity contribution in [3.05, 3.63) is 141 Å². The molecule has 1 saturated carbocycles. The van der Waals surface area contributed by atoms with Gasteiger partial charge in [-0.1, -0.05) is 92.5 Å². The summed E-state index contributed by atoms with van der Waals surface area (Å²) >= 11 is 4.50. The molecular formula is C66H73N9O8S3. The first-order valence-electron chi connectivity index (χ1n) is 29.6. The van der Waals surface area contributed by atoms with Gasteiger partial charge in [-0.2, -0.15) is 0 Å². The molecule has 20 heteroatoms. The van der Waals surface area contributed by atoms with E-state index in [4.69, 9.17) is 14.5 Å². The van der Waals surface area contributed by atoms with Gasteiger partial charge in [-0.25, -0.2) is 19.7 Å². The number of aryl methyl sites for hydroxylation is 2. The average Bonchev–Trinajstić information content (AvgIpc) is 1.39. The summed E-state index contributed by atoms with van der Waals surface area (Å²) in [6, 6.07) is 27.3. The lowest BCUT2D eigenvalue weighted by atomic mass is 9.65. The monoisotopic (exact) mass is 1220 g/mol. The number of aliphatic hydroxyl groups is 1. The van der Waals surface area contributed by atoms with Crippen LogP contribution in [0.4, 0.5) is 10.3 Å². The van der Waals surface area contributed by atoms with Crippen molar-refractivity contribution in [2.75, 3.05) is 56.7 Å². The number of aliphatic hydroxyl groups excluding tert-OH is 1. The van der Waals surface area contributed by atoms with Crippen molar-refractivity contribution < 1.29 is 38.6 Å². The molecule has 3 aromatic heterocycles. The molecule has 4 aromatic carbocycles. The maximum Gasteiger partial charge on any atom is 0.357 e. The van der Waals surface area contributed by atoms with Gasteiger partial charge in [0.2, 0.25) is 17.7 Å². The van der Waals surface area contributed by atoms with E-state index in [1.807, 2.05) is 125 Å². The molecule has 0 bridgehead atoms. The van der Waals surface area contributed by atoms with Gasteiger partial charge in [-0.05, 0) is 134 Å². The number of benzene rings is 4. The van der Waals surface area contributed by atoms with Gasteiger partial charge in [0.05, 0.1) is 58.7 Å². The van der Waals surface area contributed by atoms with E-state index in [2.05, 4.69) is 53.6 Å². The number of hydrogen-bond donors (Lipinski definition) is 4. The molecule has 6 heterocycles. The van der Waals surface area contributed by atoms with E-state index in [-0.39, 0.29) is 54.0 Å². The van der Waals surface area contributed by atoms with Crippen LogP contribution in [-0.2, 0) is 38.5 Å². The Morgan fingerprint density at radius 2 is 1.67 bits per heavy atom. The third-order valence-electron chi connectivity index (χ3n) is 17.2. The van der Waals surface area contributed by atoms with Gasteiger partial charge in [-0.15, -0.1) is 22.7 Å². The number of carbonyl (C=O) groups excluding carboxylic acids is 5. The van der Waals surface area contributed by atoms with Crippen LogP contribution < -0.4 is 25.6 Å². The summed E-state index contributed by atoms with van der Waals surface area (Å²) in [5, 5.41) is 21.3. The van der Waals surface area contributed by atoms with E-state index in [9.17, 15) is 29.1 Å². The quantitative estimate of drug-likeness (QED) is 0.0381. The fourth-order valence-corrected chi connectivity index (χ4v) is 15.1. The van der Waals surface area contributed by atoms with Gasteiger partial charge in [0, 0.05) is 61.1 Å². The minimum Gasteiger partial charge on any atom is -0.494 e. The van der Waals surface area contributed by atoms with Crippen LogP contribution in [0.15, 0.2) is 96.5 Å². The molecule has 3 aliphatic heterocycles.